The fourth-order valence-electron chi connectivity index (χ4n) is 4.44. The fourth-order valence-corrected chi connectivity index (χ4v) is 6.21. The summed E-state index contributed by atoms with van der Waals surface area (Å²) < 4.78 is 99.3. The van der Waals surface area contributed by atoms with E-state index in [0.717, 1.165) is 0 Å². The molecule has 224 valence electrons. The number of rotatable bonds is 9. The lowest BCUT2D eigenvalue weighted by molar-refractivity contribution is 0.481. The predicted octanol–water partition coefficient (Wildman–Crippen LogP) is 4.19. The van der Waals surface area contributed by atoms with E-state index < -0.39 is 30.4 Å². The number of anilines is 5. The van der Waals surface area contributed by atoms with Gasteiger partial charge in [-0.25, -0.2) is 0 Å². The van der Waals surface area contributed by atoms with E-state index in [9.17, 15) is 38.9 Å². The molecular weight excluding hydrogens is 623 g/mol. The van der Waals surface area contributed by atoms with Crippen molar-refractivity contribution in [3.05, 3.63) is 84.9 Å². The predicted molar refractivity (Wildman–Crippen MR) is 163 cm³/mol. The zero-order valence-corrected chi connectivity index (χ0v) is 24.1. The standard InChI is InChI=1S/C26H23N5O9S3/c27-21-9-10-23(19-5-2-6-25(26(19)21)43(38,39)40)30-31-24-12-11-22(18-8-7-17(14-20(18)24)42(35,36)37)29-28-15-3-1-4-16(13-15)41(32,33)34/h1-14,28-31H,27H2,(H,32,33,34)(H,35,36,37)(H,38,39,40). The lowest BCUT2D eigenvalue weighted by Gasteiger charge is -2.18. The molecule has 0 aliphatic carbocycles. The highest BCUT2D eigenvalue weighted by molar-refractivity contribution is 7.86. The van der Waals surface area contributed by atoms with Gasteiger partial charge in [0.2, 0.25) is 0 Å². The molecule has 0 atom stereocenters. The second kappa shape index (κ2) is 10.9. The van der Waals surface area contributed by atoms with Crippen LogP contribution in [0.3, 0.4) is 0 Å². The molecule has 0 heterocycles. The van der Waals surface area contributed by atoms with Crippen molar-refractivity contribution < 1.29 is 38.9 Å². The first-order valence-corrected chi connectivity index (χ1v) is 16.4. The first kappa shape index (κ1) is 29.8. The Balaban J connectivity index is 1.52. The van der Waals surface area contributed by atoms with Crippen LogP contribution in [0.4, 0.5) is 28.4 Å². The molecule has 43 heavy (non-hydrogen) atoms. The maximum atomic E-state index is 11.9. The summed E-state index contributed by atoms with van der Waals surface area (Å²) in [7, 11) is -13.6. The SMILES string of the molecule is Nc1ccc(NNc2ccc(NNc3cccc(S(=O)(=O)O)c3)c3ccc(S(=O)(=O)O)cc23)c2cccc(S(=O)(=O)O)c12. The molecule has 0 radical (unpaired) electrons. The third-order valence-corrected chi connectivity index (χ3v) is 9.00. The van der Waals surface area contributed by atoms with Crippen molar-refractivity contribution in [3.8, 4) is 0 Å². The van der Waals surface area contributed by atoms with Gasteiger partial charge in [0, 0.05) is 27.2 Å². The minimum Gasteiger partial charge on any atom is -0.398 e. The lowest BCUT2D eigenvalue weighted by atomic mass is 10.1. The maximum absolute atomic E-state index is 11.9. The summed E-state index contributed by atoms with van der Waals surface area (Å²) in [6.45, 7) is 0. The summed E-state index contributed by atoms with van der Waals surface area (Å²) in [6.07, 6.45) is 0. The molecule has 0 saturated heterocycles. The van der Waals surface area contributed by atoms with E-state index in [2.05, 4.69) is 21.7 Å². The second-order valence-electron chi connectivity index (χ2n) is 9.20. The molecule has 0 aliphatic rings. The van der Waals surface area contributed by atoms with Gasteiger partial charge in [0.1, 0.15) is 4.90 Å². The van der Waals surface area contributed by atoms with Crippen molar-refractivity contribution in [2.75, 3.05) is 27.4 Å². The molecule has 0 aliphatic heterocycles. The van der Waals surface area contributed by atoms with Gasteiger partial charge in [-0.3, -0.25) is 13.7 Å². The number of hydrogen-bond donors (Lipinski definition) is 8. The fraction of sp³-hybridized carbons (Fsp3) is 0. The summed E-state index contributed by atoms with van der Waals surface area (Å²) in [4.78, 5) is -1.09. The minimum absolute atomic E-state index is 0.0963. The third kappa shape index (κ3) is 6.26. The van der Waals surface area contributed by atoms with Crippen LogP contribution in [0.25, 0.3) is 21.5 Å². The molecule has 0 saturated carbocycles. The van der Waals surface area contributed by atoms with Crippen LogP contribution in [-0.4, -0.2) is 38.9 Å². The zero-order valence-electron chi connectivity index (χ0n) is 21.7. The molecule has 0 aromatic heterocycles. The zero-order chi connectivity index (χ0) is 31.2. The average Bonchev–Trinajstić information content (AvgIpc) is 2.94. The minimum atomic E-state index is -4.59. The summed E-state index contributed by atoms with van der Waals surface area (Å²) >= 11 is 0. The second-order valence-corrected chi connectivity index (χ2v) is 13.4. The van der Waals surface area contributed by atoms with Crippen molar-refractivity contribution >= 4 is 80.3 Å². The smallest absolute Gasteiger partial charge is 0.295 e. The Morgan fingerprint density at radius 1 is 0.512 bits per heavy atom. The number of nitrogen functional groups attached to an aromatic ring is 1. The Morgan fingerprint density at radius 3 is 1.72 bits per heavy atom. The molecule has 17 heteroatoms. The first-order valence-electron chi connectivity index (χ1n) is 12.1. The quantitative estimate of drug-likeness (QED) is 0.0637. The molecule has 0 amide bonds. The molecule has 0 unspecified atom stereocenters. The van der Waals surface area contributed by atoms with Gasteiger partial charge in [-0.05, 0) is 60.7 Å². The van der Waals surface area contributed by atoms with E-state index in [1.807, 2.05) is 0 Å². The van der Waals surface area contributed by atoms with Crippen LogP contribution in [0, 0.1) is 0 Å². The van der Waals surface area contributed by atoms with Gasteiger partial charge in [0.25, 0.3) is 30.4 Å². The summed E-state index contributed by atoms with van der Waals surface area (Å²) in [5.41, 5.74) is 19.2. The van der Waals surface area contributed by atoms with Gasteiger partial charge in [-0.2, -0.15) is 25.3 Å². The van der Waals surface area contributed by atoms with Crippen LogP contribution >= 0.6 is 0 Å². The highest BCUT2D eigenvalue weighted by Crippen LogP contribution is 2.35. The third-order valence-electron chi connectivity index (χ3n) is 6.40. The van der Waals surface area contributed by atoms with Crippen molar-refractivity contribution in [2.24, 2.45) is 0 Å². The van der Waals surface area contributed by atoms with Gasteiger partial charge >= 0.3 is 0 Å². The summed E-state index contributed by atoms with van der Waals surface area (Å²) in [5.74, 6) is 0. The molecule has 9 N–H and O–H groups in total. The highest BCUT2D eigenvalue weighted by atomic mass is 32.2. The van der Waals surface area contributed by atoms with Crippen LogP contribution in [0.2, 0.25) is 0 Å². The van der Waals surface area contributed by atoms with Crippen LogP contribution in [0.5, 0.6) is 0 Å². The van der Waals surface area contributed by atoms with Gasteiger partial charge < -0.3 is 27.4 Å². The highest BCUT2D eigenvalue weighted by Gasteiger charge is 2.18. The molecule has 0 bridgehead atoms. The number of hydrogen-bond acceptors (Lipinski definition) is 11. The van der Waals surface area contributed by atoms with E-state index in [1.165, 1.54) is 54.6 Å². The van der Waals surface area contributed by atoms with Crippen LogP contribution < -0.4 is 27.4 Å². The van der Waals surface area contributed by atoms with E-state index in [1.54, 1.807) is 30.3 Å². The Hall–Kier alpha value is -4.65. The normalized spacial score (nSPS) is 12.3. The molecule has 0 spiro atoms. The topological polar surface area (TPSA) is 237 Å². The van der Waals surface area contributed by atoms with E-state index in [0.29, 0.717) is 38.9 Å². The van der Waals surface area contributed by atoms with Gasteiger partial charge in [0.05, 0.1) is 32.5 Å². The molecule has 5 aromatic carbocycles. The molecule has 5 aromatic rings. The molecule has 14 nitrogen and oxygen atoms in total. The Morgan fingerprint density at radius 2 is 1.07 bits per heavy atom. The average molecular weight is 646 g/mol. The van der Waals surface area contributed by atoms with Crippen molar-refractivity contribution in [1.29, 1.82) is 0 Å². The van der Waals surface area contributed by atoms with Crippen LogP contribution in [0.15, 0.2) is 99.6 Å². The number of nitrogens with one attached hydrogen (secondary N) is 4. The van der Waals surface area contributed by atoms with Gasteiger partial charge in [-0.1, -0.05) is 24.3 Å². The Bertz CT molecular complexity index is 2240. The lowest BCUT2D eigenvalue weighted by Crippen LogP contribution is -2.12. The summed E-state index contributed by atoms with van der Waals surface area (Å²) in [5, 5.41) is 1.24. The maximum Gasteiger partial charge on any atom is 0.295 e. The molecular formula is C26H23N5O9S3. The largest absolute Gasteiger partial charge is 0.398 e. The molecule has 5 rings (SSSR count). The Kier molecular flexibility index (Phi) is 7.55. The monoisotopic (exact) mass is 645 g/mol. The van der Waals surface area contributed by atoms with Gasteiger partial charge in [0.15, 0.2) is 0 Å². The number of nitrogens with two attached hydrogens (primary N) is 1. The molecule has 0 fully saturated rings. The first-order chi connectivity index (χ1) is 20.1. The van der Waals surface area contributed by atoms with Crippen molar-refractivity contribution in [1.82, 2.24) is 0 Å². The van der Waals surface area contributed by atoms with E-state index >= 15 is 0 Å². The number of benzene rings is 5. The Labute approximate surface area is 245 Å². The van der Waals surface area contributed by atoms with Crippen molar-refractivity contribution in [2.45, 2.75) is 14.7 Å². The van der Waals surface area contributed by atoms with Crippen LogP contribution in [-0.2, 0) is 30.4 Å². The van der Waals surface area contributed by atoms with Gasteiger partial charge in [-0.15, -0.1) is 0 Å². The van der Waals surface area contributed by atoms with Crippen molar-refractivity contribution in [3.63, 3.8) is 0 Å². The summed E-state index contributed by atoms with van der Waals surface area (Å²) in [6, 6.07) is 19.7. The van der Waals surface area contributed by atoms with E-state index in [-0.39, 0.29) is 25.8 Å². The van der Waals surface area contributed by atoms with E-state index in [4.69, 9.17) is 5.73 Å². The number of fused-ring (bicyclic) bond motifs is 2. The van der Waals surface area contributed by atoms with Crippen LogP contribution in [0.1, 0.15) is 0 Å². The number of hydrazine groups is 2.